The minimum Gasteiger partial charge on any atom is -0.494 e. The van der Waals surface area contributed by atoms with Crippen LogP contribution in [0, 0.1) is 11.7 Å². The number of hydrogen-bond acceptors (Lipinski definition) is 5. The van der Waals surface area contributed by atoms with Gasteiger partial charge in [-0.25, -0.2) is 9.37 Å². The van der Waals surface area contributed by atoms with Gasteiger partial charge in [0.2, 0.25) is 5.91 Å². The van der Waals surface area contributed by atoms with Gasteiger partial charge >= 0.3 is 0 Å². The Labute approximate surface area is 171 Å². The topological polar surface area (TPSA) is 80.3 Å². The molecule has 0 fully saturated rings. The van der Waals surface area contributed by atoms with Gasteiger partial charge in [-0.1, -0.05) is 13.8 Å². The maximum Gasteiger partial charge on any atom is 0.257 e. The number of benzene rings is 2. The van der Waals surface area contributed by atoms with Crippen LogP contribution in [0.1, 0.15) is 24.2 Å². The average molecular weight is 413 g/mol. The quantitative estimate of drug-likeness (QED) is 0.608. The summed E-state index contributed by atoms with van der Waals surface area (Å²) in [7, 11) is 1.40. The van der Waals surface area contributed by atoms with E-state index in [0.29, 0.717) is 27.6 Å². The zero-order chi connectivity index (χ0) is 21.0. The zero-order valence-corrected chi connectivity index (χ0v) is 17.0. The van der Waals surface area contributed by atoms with Crippen molar-refractivity contribution >= 4 is 34.0 Å². The van der Waals surface area contributed by atoms with Crippen LogP contribution in [0.25, 0.3) is 11.3 Å². The van der Waals surface area contributed by atoms with Gasteiger partial charge < -0.3 is 10.1 Å². The number of methoxy groups -OCH3 is 1. The molecule has 0 aliphatic carbocycles. The van der Waals surface area contributed by atoms with E-state index < -0.39 is 5.82 Å². The second-order valence-electron chi connectivity index (χ2n) is 6.56. The second kappa shape index (κ2) is 8.83. The summed E-state index contributed by atoms with van der Waals surface area (Å²) in [6.45, 7) is 3.61. The fourth-order valence-electron chi connectivity index (χ4n) is 2.45. The number of carbonyl (C=O) groups is 2. The number of anilines is 2. The van der Waals surface area contributed by atoms with Gasteiger partial charge in [-0.2, -0.15) is 0 Å². The van der Waals surface area contributed by atoms with E-state index in [1.54, 1.807) is 49.6 Å². The number of ether oxygens (including phenoxy) is 1. The van der Waals surface area contributed by atoms with E-state index in [1.807, 2.05) is 0 Å². The first kappa shape index (κ1) is 20.5. The standard InChI is InChI=1S/C21H20FN3O3S/c1-12(2)19(26)23-15-7-4-13(5-8-15)20(27)25-21-24-17(11-29-21)14-6-9-18(28-3)16(22)10-14/h4-12H,1-3H3,(H,23,26)(H,24,25,27). The summed E-state index contributed by atoms with van der Waals surface area (Å²) in [6, 6.07) is 11.2. The highest BCUT2D eigenvalue weighted by Gasteiger charge is 2.13. The van der Waals surface area contributed by atoms with Crippen molar-refractivity contribution in [2.45, 2.75) is 13.8 Å². The van der Waals surface area contributed by atoms with Gasteiger partial charge in [-0.05, 0) is 42.5 Å². The Morgan fingerprint density at radius 3 is 2.45 bits per heavy atom. The predicted octanol–water partition coefficient (Wildman–Crippen LogP) is 4.80. The van der Waals surface area contributed by atoms with Crippen LogP contribution >= 0.6 is 11.3 Å². The highest BCUT2D eigenvalue weighted by Crippen LogP contribution is 2.28. The number of nitrogens with one attached hydrogen (secondary N) is 2. The van der Waals surface area contributed by atoms with Gasteiger partial charge in [0.05, 0.1) is 12.8 Å². The van der Waals surface area contributed by atoms with Crippen molar-refractivity contribution in [1.82, 2.24) is 4.98 Å². The number of nitrogens with zero attached hydrogens (tertiary/aromatic N) is 1. The molecule has 0 unspecified atom stereocenters. The number of halogens is 1. The maximum absolute atomic E-state index is 13.9. The molecule has 29 heavy (non-hydrogen) atoms. The lowest BCUT2D eigenvalue weighted by Gasteiger charge is -2.08. The first-order valence-electron chi connectivity index (χ1n) is 8.89. The molecule has 0 saturated carbocycles. The Balaban J connectivity index is 1.67. The average Bonchev–Trinajstić information content (AvgIpc) is 3.16. The van der Waals surface area contributed by atoms with Crippen LogP contribution in [-0.4, -0.2) is 23.9 Å². The molecule has 2 N–H and O–H groups in total. The van der Waals surface area contributed by atoms with Crippen LogP contribution in [0.3, 0.4) is 0 Å². The molecule has 2 amide bonds. The first-order chi connectivity index (χ1) is 13.9. The highest BCUT2D eigenvalue weighted by molar-refractivity contribution is 7.14. The summed E-state index contributed by atoms with van der Waals surface area (Å²) in [5, 5.41) is 7.64. The molecular formula is C21H20FN3O3S. The molecule has 0 bridgehead atoms. The van der Waals surface area contributed by atoms with Gasteiger partial charge in [-0.15, -0.1) is 11.3 Å². The normalized spacial score (nSPS) is 10.7. The van der Waals surface area contributed by atoms with Crippen molar-refractivity contribution in [2.75, 3.05) is 17.7 Å². The van der Waals surface area contributed by atoms with Crippen molar-refractivity contribution in [1.29, 1.82) is 0 Å². The fourth-order valence-corrected chi connectivity index (χ4v) is 3.16. The summed E-state index contributed by atoms with van der Waals surface area (Å²) >= 11 is 1.24. The van der Waals surface area contributed by atoms with Gasteiger partial charge in [0.25, 0.3) is 5.91 Å². The SMILES string of the molecule is COc1ccc(-c2csc(NC(=O)c3ccc(NC(=O)C(C)C)cc3)n2)cc1F. The Morgan fingerprint density at radius 2 is 1.83 bits per heavy atom. The molecule has 0 spiro atoms. The van der Waals surface area contributed by atoms with E-state index in [0.717, 1.165) is 0 Å². The van der Waals surface area contributed by atoms with E-state index >= 15 is 0 Å². The summed E-state index contributed by atoms with van der Waals surface area (Å²) in [5.41, 5.74) is 2.20. The smallest absolute Gasteiger partial charge is 0.257 e. The molecule has 8 heteroatoms. The molecule has 1 heterocycles. The number of carbonyl (C=O) groups excluding carboxylic acids is 2. The zero-order valence-electron chi connectivity index (χ0n) is 16.2. The van der Waals surface area contributed by atoms with Crippen molar-refractivity contribution in [2.24, 2.45) is 5.92 Å². The van der Waals surface area contributed by atoms with E-state index in [2.05, 4.69) is 15.6 Å². The van der Waals surface area contributed by atoms with Gasteiger partial charge in [0, 0.05) is 28.1 Å². The molecule has 0 aliphatic rings. The number of thiazole rings is 1. The van der Waals surface area contributed by atoms with Crippen LogP contribution < -0.4 is 15.4 Å². The van der Waals surface area contributed by atoms with Crippen LogP contribution in [-0.2, 0) is 4.79 Å². The summed E-state index contributed by atoms with van der Waals surface area (Å²) < 4.78 is 18.8. The Bertz CT molecular complexity index is 1030. The van der Waals surface area contributed by atoms with Gasteiger partial charge in [0.1, 0.15) is 0 Å². The molecule has 3 aromatic rings. The molecule has 1 aromatic heterocycles. The molecular weight excluding hydrogens is 393 g/mol. The second-order valence-corrected chi connectivity index (χ2v) is 7.42. The van der Waals surface area contributed by atoms with Crippen LogP contribution in [0.2, 0.25) is 0 Å². The lowest BCUT2D eigenvalue weighted by molar-refractivity contribution is -0.118. The van der Waals surface area contributed by atoms with Crippen LogP contribution in [0.4, 0.5) is 15.2 Å². The largest absolute Gasteiger partial charge is 0.494 e. The predicted molar refractivity (Wildman–Crippen MR) is 112 cm³/mol. The lowest BCUT2D eigenvalue weighted by Crippen LogP contribution is -2.18. The van der Waals surface area contributed by atoms with Crippen molar-refractivity contribution in [3.05, 3.63) is 59.2 Å². The van der Waals surface area contributed by atoms with Gasteiger partial charge in [0.15, 0.2) is 16.7 Å². The van der Waals surface area contributed by atoms with Crippen molar-refractivity contribution < 1.29 is 18.7 Å². The molecule has 0 atom stereocenters. The monoisotopic (exact) mass is 413 g/mol. The number of amides is 2. The first-order valence-corrected chi connectivity index (χ1v) is 9.77. The molecule has 2 aromatic carbocycles. The maximum atomic E-state index is 13.9. The Kier molecular flexibility index (Phi) is 6.23. The fraction of sp³-hybridized carbons (Fsp3) is 0.190. The lowest BCUT2D eigenvalue weighted by atomic mass is 10.1. The molecule has 6 nitrogen and oxygen atoms in total. The Hall–Kier alpha value is -3.26. The summed E-state index contributed by atoms with van der Waals surface area (Å²) in [4.78, 5) is 28.5. The number of hydrogen-bond donors (Lipinski definition) is 2. The third-order valence-corrected chi connectivity index (χ3v) is 4.87. The van der Waals surface area contributed by atoms with E-state index in [1.165, 1.54) is 30.6 Å². The molecule has 3 rings (SSSR count). The molecule has 0 saturated heterocycles. The molecule has 0 aliphatic heterocycles. The molecule has 0 radical (unpaired) electrons. The third-order valence-electron chi connectivity index (χ3n) is 4.11. The summed E-state index contributed by atoms with van der Waals surface area (Å²) in [5.74, 6) is -0.865. The summed E-state index contributed by atoms with van der Waals surface area (Å²) in [6.07, 6.45) is 0. The van der Waals surface area contributed by atoms with Crippen molar-refractivity contribution in [3.63, 3.8) is 0 Å². The van der Waals surface area contributed by atoms with E-state index in [4.69, 9.17) is 4.74 Å². The molecule has 150 valence electrons. The van der Waals surface area contributed by atoms with Crippen LogP contribution in [0.15, 0.2) is 47.8 Å². The minimum absolute atomic E-state index is 0.0903. The van der Waals surface area contributed by atoms with E-state index in [-0.39, 0.29) is 23.5 Å². The van der Waals surface area contributed by atoms with Gasteiger partial charge in [-0.3, -0.25) is 14.9 Å². The third kappa shape index (κ3) is 4.97. The minimum atomic E-state index is -0.478. The van der Waals surface area contributed by atoms with Crippen LogP contribution in [0.5, 0.6) is 5.75 Å². The Morgan fingerprint density at radius 1 is 1.10 bits per heavy atom. The number of aromatic nitrogens is 1. The highest BCUT2D eigenvalue weighted by atomic mass is 32.1. The van der Waals surface area contributed by atoms with E-state index in [9.17, 15) is 14.0 Å². The van der Waals surface area contributed by atoms with Crippen molar-refractivity contribution in [3.8, 4) is 17.0 Å². The number of rotatable bonds is 6.